The van der Waals surface area contributed by atoms with Crippen molar-refractivity contribution in [1.82, 2.24) is 9.88 Å². The van der Waals surface area contributed by atoms with Gasteiger partial charge in [-0.3, -0.25) is 9.88 Å². The van der Waals surface area contributed by atoms with Crippen LogP contribution in [0.4, 0.5) is 0 Å². The van der Waals surface area contributed by atoms with Gasteiger partial charge in [0.1, 0.15) is 0 Å². The van der Waals surface area contributed by atoms with Crippen LogP contribution in [-0.4, -0.2) is 29.0 Å². The van der Waals surface area contributed by atoms with Crippen LogP contribution in [0.25, 0.3) is 0 Å². The molecule has 0 saturated carbocycles. The smallest absolute Gasteiger partial charge is 0.0497 e. The average Bonchev–Trinajstić information content (AvgIpc) is 2.66. The molecule has 0 radical (unpaired) electrons. The lowest BCUT2D eigenvalue weighted by atomic mass is 9.89. The summed E-state index contributed by atoms with van der Waals surface area (Å²) >= 11 is 0. The first-order valence-electron chi connectivity index (χ1n) is 7.99. The maximum Gasteiger partial charge on any atom is 0.0497 e. The van der Waals surface area contributed by atoms with Crippen molar-refractivity contribution in [1.29, 1.82) is 0 Å². The Labute approximate surface area is 123 Å². The normalized spacial score (nSPS) is 24.4. The van der Waals surface area contributed by atoms with E-state index in [1.807, 2.05) is 12.4 Å². The van der Waals surface area contributed by atoms with Crippen LogP contribution in [0.3, 0.4) is 0 Å². The molecular weight excluding hydrogens is 246 g/mol. The van der Waals surface area contributed by atoms with E-state index in [1.165, 1.54) is 24.8 Å². The Balaban J connectivity index is 2.11. The molecule has 2 heterocycles. The zero-order chi connectivity index (χ0) is 14.5. The molecule has 1 aliphatic heterocycles. The fourth-order valence-corrected chi connectivity index (χ4v) is 3.50. The van der Waals surface area contributed by atoms with Crippen molar-refractivity contribution in [3.05, 3.63) is 30.1 Å². The number of pyridine rings is 1. The molecule has 1 aromatic rings. The summed E-state index contributed by atoms with van der Waals surface area (Å²) in [4.78, 5) is 6.71. The summed E-state index contributed by atoms with van der Waals surface area (Å²) < 4.78 is 0. The van der Waals surface area contributed by atoms with Gasteiger partial charge >= 0.3 is 0 Å². The van der Waals surface area contributed by atoms with Gasteiger partial charge in [-0.05, 0) is 68.8 Å². The summed E-state index contributed by atoms with van der Waals surface area (Å²) in [6.45, 7) is 9.16. The van der Waals surface area contributed by atoms with E-state index >= 15 is 0 Å². The van der Waals surface area contributed by atoms with E-state index in [0.717, 1.165) is 24.9 Å². The predicted molar refractivity (Wildman–Crippen MR) is 84.4 cm³/mol. The molecule has 0 spiro atoms. The van der Waals surface area contributed by atoms with Crippen molar-refractivity contribution in [2.45, 2.75) is 52.1 Å². The number of nitrogens with zero attached hydrogens (tertiary/aromatic N) is 2. The fraction of sp³-hybridized carbons (Fsp3) is 0.706. The lowest BCUT2D eigenvalue weighted by molar-refractivity contribution is 0.178. The minimum atomic E-state index is 0.146. The highest BCUT2D eigenvalue weighted by Gasteiger charge is 2.27. The van der Waals surface area contributed by atoms with E-state index in [2.05, 4.69) is 42.8 Å². The lowest BCUT2D eigenvalue weighted by Crippen LogP contribution is -2.40. The van der Waals surface area contributed by atoms with Crippen molar-refractivity contribution in [2.24, 2.45) is 17.6 Å². The van der Waals surface area contributed by atoms with Gasteiger partial charge in [0, 0.05) is 24.5 Å². The molecular formula is C17H29N3. The Hall–Kier alpha value is -0.930. The van der Waals surface area contributed by atoms with E-state index in [9.17, 15) is 0 Å². The van der Waals surface area contributed by atoms with Crippen LogP contribution in [0, 0.1) is 11.8 Å². The molecule has 3 unspecified atom stereocenters. The number of hydrogen-bond acceptors (Lipinski definition) is 3. The summed E-state index contributed by atoms with van der Waals surface area (Å²) in [6.07, 6.45) is 7.69. The minimum absolute atomic E-state index is 0.146. The molecule has 0 bridgehead atoms. The van der Waals surface area contributed by atoms with Gasteiger partial charge in [0.05, 0.1) is 0 Å². The minimum Gasteiger partial charge on any atom is -0.326 e. The van der Waals surface area contributed by atoms with Crippen LogP contribution < -0.4 is 5.73 Å². The van der Waals surface area contributed by atoms with Crippen LogP contribution in [0.1, 0.15) is 51.6 Å². The quantitative estimate of drug-likeness (QED) is 0.917. The Kier molecular flexibility index (Phi) is 5.55. The maximum absolute atomic E-state index is 6.28. The highest BCUT2D eigenvalue weighted by Crippen LogP contribution is 2.30. The molecule has 3 atom stereocenters. The first kappa shape index (κ1) is 15.5. The van der Waals surface area contributed by atoms with Crippen molar-refractivity contribution in [2.75, 3.05) is 13.1 Å². The second-order valence-electron chi connectivity index (χ2n) is 6.56. The van der Waals surface area contributed by atoms with Gasteiger partial charge in [-0.25, -0.2) is 0 Å². The first-order chi connectivity index (χ1) is 9.59. The van der Waals surface area contributed by atoms with Crippen LogP contribution in [-0.2, 0) is 0 Å². The van der Waals surface area contributed by atoms with Crippen LogP contribution in [0.15, 0.2) is 24.5 Å². The molecule has 112 valence electrons. The molecule has 1 saturated heterocycles. The third kappa shape index (κ3) is 3.80. The number of rotatable bonds is 4. The molecule has 1 aliphatic rings. The van der Waals surface area contributed by atoms with Gasteiger partial charge in [0.2, 0.25) is 0 Å². The van der Waals surface area contributed by atoms with Gasteiger partial charge < -0.3 is 5.73 Å². The number of likely N-dealkylation sites (tertiary alicyclic amines) is 1. The molecule has 3 heteroatoms. The number of nitrogens with two attached hydrogens (primary N) is 1. The Morgan fingerprint density at radius 3 is 2.45 bits per heavy atom. The molecule has 3 nitrogen and oxygen atoms in total. The molecule has 0 aliphatic carbocycles. The SMILES string of the molecule is CC(C)C1CCCN(C(c2ccncc2)C(C)N)CC1. The second-order valence-corrected chi connectivity index (χ2v) is 6.56. The predicted octanol–water partition coefficient (Wildman–Crippen LogP) is 3.23. The summed E-state index contributed by atoms with van der Waals surface area (Å²) in [6, 6.07) is 4.69. The second kappa shape index (κ2) is 7.19. The topological polar surface area (TPSA) is 42.2 Å². The van der Waals surface area contributed by atoms with Crippen LogP contribution in [0.5, 0.6) is 0 Å². The Morgan fingerprint density at radius 1 is 1.15 bits per heavy atom. The molecule has 0 aromatic carbocycles. The number of aromatic nitrogens is 1. The third-order valence-electron chi connectivity index (χ3n) is 4.69. The molecule has 2 N–H and O–H groups in total. The third-order valence-corrected chi connectivity index (χ3v) is 4.69. The van der Waals surface area contributed by atoms with Gasteiger partial charge in [-0.2, -0.15) is 0 Å². The molecule has 20 heavy (non-hydrogen) atoms. The van der Waals surface area contributed by atoms with Crippen LogP contribution in [0.2, 0.25) is 0 Å². The highest BCUT2D eigenvalue weighted by molar-refractivity contribution is 5.17. The summed E-state index contributed by atoms with van der Waals surface area (Å²) in [5, 5.41) is 0. The lowest BCUT2D eigenvalue weighted by Gasteiger charge is -2.34. The van der Waals surface area contributed by atoms with Crippen molar-refractivity contribution >= 4 is 0 Å². The fourth-order valence-electron chi connectivity index (χ4n) is 3.50. The largest absolute Gasteiger partial charge is 0.326 e. The van der Waals surface area contributed by atoms with Gasteiger partial charge in [0.15, 0.2) is 0 Å². The number of hydrogen-bond donors (Lipinski definition) is 1. The van der Waals surface area contributed by atoms with Crippen molar-refractivity contribution in [3.63, 3.8) is 0 Å². The van der Waals surface area contributed by atoms with E-state index in [-0.39, 0.29) is 6.04 Å². The standard InChI is InChI=1S/C17H29N3/c1-13(2)15-5-4-11-20(12-8-15)17(14(3)18)16-6-9-19-10-7-16/h6-7,9-10,13-15,17H,4-5,8,11-12,18H2,1-3H3. The monoisotopic (exact) mass is 275 g/mol. The van der Waals surface area contributed by atoms with E-state index in [1.54, 1.807) is 0 Å². The maximum atomic E-state index is 6.28. The summed E-state index contributed by atoms with van der Waals surface area (Å²) in [5.41, 5.74) is 7.59. The van der Waals surface area contributed by atoms with Crippen LogP contribution >= 0.6 is 0 Å². The summed E-state index contributed by atoms with van der Waals surface area (Å²) in [5.74, 6) is 1.66. The molecule has 1 aromatic heterocycles. The van der Waals surface area contributed by atoms with E-state index < -0.39 is 0 Å². The molecule has 2 rings (SSSR count). The summed E-state index contributed by atoms with van der Waals surface area (Å²) in [7, 11) is 0. The van der Waals surface area contributed by atoms with Gasteiger partial charge in [0.25, 0.3) is 0 Å². The first-order valence-corrected chi connectivity index (χ1v) is 7.99. The van der Waals surface area contributed by atoms with Crippen molar-refractivity contribution < 1.29 is 0 Å². The molecule has 0 amide bonds. The molecule has 1 fully saturated rings. The highest BCUT2D eigenvalue weighted by atomic mass is 15.2. The van der Waals surface area contributed by atoms with E-state index in [4.69, 9.17) is 5.73 Å². The van der Waals surface area contributed by atoms with Gasteiger partial charge in [-0.15, -0.1) is 0 Å². The Bertz CT molecular complexity index is 388. The Morgan fingerprint density at radius 2 is 1.85 bits per heavy atom. The average molecular weight is 275 g/mol. The van der Waals surface area contributed by atoms with Gasteiger partial charge in [-0.1, -0.05) is 13.8 Å². The zero-order valence-corrected chi connectivity index (χ0v) is 13.1. The van der Waals surface area contributed by atoms with E-state index in [0.29, 0.717) is 6.04 Å². The van der Waals surface area contributed by atoms with Crippen molar-refractivity contribution in [3.8, 4) is 0 Å². The zero-order valence-electron chi connectivity index (χ0n) is 13.1.